The van der Waals surface area contributed by atoms with E-state index in [1.54, 1.807) is 32.2 Å². The van der Waals surface area contributed by atoms with Gasteiger partial charge < -0.3 is 14.6 Å². The first-order valence-electron chi connectivity index (χ1n) is 7.80. The van der Waals surface area contributed by atoms with Gasteiger partial charge in [0.1, 0.15) is 0 Å². The van der Waals surface area contributed by atoms with Gasteiger partial charge in [-0.15, -0.1) is 0 Å². The van der Waals surface area contributed by atoms with E-state index in [9.17, 15) is 4.79 Å². The summed E-state index contributed by atoms with van der Waals surface area (Å²) in [6.07, 6.45) is 1.61. The summed E-state index contributed by atoms with van der Waals surface area (Å²) in [7, 11) is 0. The lowest BCUT2D eigenvalue weighted by Gasteiger charge is -2.02. The summed E-state index contributed by atoms with van der Waals surface area (Å²) in [4.78, 5) is 20.6. The number of carbonyl (C=O) groups excluding carboxylic acids is 1. The minimum Gasteiger partial charge on any atom is -0.478 e. The number of amides is 1. The number of carbonyl (C=O) groups is 1. The lowest BCUT2D eigenvalue weighted by molar-refractivity contribution is 0.0945. The van der Waals surface area contributed by atoms with Crippen molar-refractivity contribution in [2.75, 3.05) is 6.61 Å². The van der Waals surface area contributed by atoms with E-state index in [2.05, 4.69) is 30.6 Å². The van der Waals surface area contributed by atoms with Crippen molar-refractivity contribution < 1.29 is 14.1 Å². The Morgan fingerprint density at radius 1 is 1.36 bits per heavy atom. The first kappa shape index (κ1) is 16.6. The molecule has 3 rings (SSSR count). The van der Waals surface area contributed by atoms with Gasteiger partial charge in [-0.05, 0) is 26.8 Å². The average molecular weight is 342 g/mol. The predicted octanol–water partition coefficient (Wildman–Crippen LogP) is 1.80. The molecule has 3 aromatic rings. The third kappa shape index (κ3) is 3.65. The average Bonchev–Trinajstić information content (AvgIpc) is 3.21. The molecule has 0 radical (unpaired) electrons. The Kier molecular flexibility index (Phi) is 4.73. The highest BCUT2D eigenvalue weighted by Crippen LogP contribution is 2.17. The summed E-state index contributed by atoms with van der Waals surface area (Å²) >= 11 is 0. The SMILES string of the molecule is CCOc1ccc(-c2noc(CNC(=O)c3c(C)n[nH]c3C)n2)cn1. The van der Waals surface area contributed by atoms with Gasteiger partial charge in [0.2, 0.25) is 17.6 Å². The number of rotatable bonds is 6. The van der Waals surface area contributed by atoms with Crippen molar-refractivity contribution in [1.29, 1.82) is 0 Å². The summed E-state index contributed by atoms with van der Waals surface area (Å²) in [5.41, 5.74) is 2.57. The number of pyridine rings is 1. The molecule has 9 heteroatoms. The molecule has 0 atom stereocenters. The minimum absolute atomic E-state index is 0.125. The maximum Gasteiger partial charge on any atom is 0.255 e. The fourth-order valence-electron chi connectivity index (χ4n) is 2.32. The van der Waals surface area contributed by atoms with Crippen LogP contribution in [0, 0.1) is 13.8 Å². The molecule has 9 nitrogen and oxygen atoms in total. The number of hydrogen-bond acceptors (Lipinski definition) is 7. The summed E-state index contributed by atoms with van der Waals surface area (Å²) in [6.45, 7) is 6.12. The van der Waals surface area contributed by atoms with Gasteiger partial charge in [0.05, 0.1) is 24.4 Å². The Labute approximate surface area is 143 Å². The second-order valence-corrected chi connectivity index (χ2v) is 5.32. The molecule has 25 heavy (non-hydrogen) atoms. The van der Waals surface area contributed by atoms with Gasteiger partial charge >= 0.3 is 0 Å². The monoisotopic (exact) mass is 342 g/mol. The van der Waals surface area contributed by atoms with Crippen molar-refractivity contribution in [2.24, 2.45) is 0 Å². The topological polar surface area (TPSA) is 119 Å². The van der Waals surface area contributed by atoms with Crippen molar-refractivity contribution in [2.45, 2.75) is 27.3 Å². The first-order chi connectivity index (χ1) is 12.1. The molecular weight excluding hydrogens is 324 g/mol. The molecule has 1 amide bonds. The lowest BCUT2D eigenvalue weighted by atomic mass is 10.2. The van der Waals surface area contributed by atoms with Crippen LogP contribution in [0.25, 0.3) is 11.4 Å². The van der Waals surface area contributed by atoms with Crippen LogP contribution in [0.5, 0.6) is 5.88 Å². The van der Waals surface area contributed by atoms with Crippen LogP contribution in [0.2, 0.25) is 0 Å². The molecule has 0 aliphatic carbocycles. The van der Waals surface area contributed by atoms with E-state index in [1.807, 2.05) is 6.92 Å². The lowest BCUT2D eigenvalue weighted by Crippen LogP contribution is -2.24. The third-order valence-electron chi connectivity index (χ3n) is 3.51. The molecule has 0 fully saturated rings. The zero-order valence-electron chi connectivity index (χ0n) is 14.2. The summed E-state index contributed by atoms with van der Waals surface area (Å²) in [6, 6.07) is 3.53. The maximum absolute atomic E-state index is 12.2. The number of aromatic nitrogens is 5. The zero-order chi connectivity index (χ0) is 17.8. The fraction of sp³-hybridized carbons (Fsp3) is 0.312. The number of aromatic amines is 1. The van der Waals surface area contributed by atoms with Gasteiger partial charge in [-0.3, -0.25) is 9.89 Å². The first-order valence-corrected chi connectivity index (χ1v) is 7.80. The zero-order valence-corrected chi connectivity index (χ0v) is 14.2. The van der Waals surface area contributed by atoms with Gasteiger partial charge in [0, 0.05) is 23.5 Å². The van der Waals surface area contributed by atoms with E-state index in [-0.39, 0.29) is 12.5 Å². The fourth-order valence-corrected chi connectivity index (χ4v) is 2.32. The van der Waals surface area contributed by atoms with Crippen LogP contribution in [0.1, 0.15) is 34.6 Å². The predicted molar refractivity (Wildman–Crippen MR) is 87.9 cm³/mol. The molecule has 0 spiro atoms. The van der Waals surface area contributed by atoms with E-state index in [4.69, 9.17) is 9.26 Å². The maximum atomic E-state index is 12.2. The van der Waals surface area contributed by atoms with Gasteiger partial charge in [0.25, 0.3) is 5.91 Å². The second-order valence-electron chi connectivity index (χ2n) is 5.32. The molecule has 0 saturated carbocycles. The van der Waals surface area contributed by atoms with Crippen LogP contribution in [0.15, 0.2) is 22.9 Å². The number of H-pyrrole nitrogens is 1. The van der Waals surface area contributed by atoms with Gasteiger partial charge in [0.15, 0.2) is 0 Å². The molecule has 0 aromatic carbocycles. The van der Waals surface area contributed by atoms with E-state index < -0.39 is 0 Å². The van der Waals surface area contributed by atoms with Crippen LogP contribution in [-0.4, -0.2) is 37.8 Å². The van der Waals surface area contributed by atoms with E-state index in [0.717, 1.165) is 0 Å². The highest BCUT2D eigenvalue weighted by Gasteiger charge is 2.16. The number of aryl methyl sites for hydroxylation is 2. The molecule has 2 N–H and O–H groups in total. The van der Waals surface area contributed by atoms with Crippen molar-refractivity contribution in [3.8, 4) is 17.3 Å². The Bertz CT molecular complexity index is 849. The van der Waals surface area contributed by atoms with E-state index in [0.29, 0.717) is 46.7 Å². The second kappa shape index (κ2) is 7.12. The third-order valence-corrected chi connectivity index (χ3v) is 3.51. The Balaban J connectivity index is 1.64. The van der Waals surface area contributed by atoms with Crippen molar-refractivity contribution >= 4 is 5.91 Å². The molecular formula is C16H18N6O3. The molecule has 0 bridgehead atoms. The van der Waals surface area contributed by atoms with Crippen LogP contribution < -0.4 is 10.1 Å². The van der Waals surface area contributed by atoms with Crippen molar-refractivity contribution in [1.82, 2.24) is 30.6 Å². The summed E-state index contributed by atoms with van der Waals surface area (Å²) < 4.78 is 10.5. The molecule has 0 aliphatic heterocycles. The summed E-state index contributed by atoms with van der Waals surface area (Å²) in [5, 5.41) is 13.4. The number of nitrogens with zero attached hydrogens (tertiary/aromatic N) is 4. The molecule has 0 unspecified atom stereocenters. The van der Waals surface area contributed by atoms with Crippen molar-refractivity contribution in [3.05, 3.63) is 41.2 Å². The van der Waals surface area contributed by atoms with E-state index >= 15 is 0 Å². The van der Waals surface area contributed by atoms with Gasteiger partial charge in [-0.1, -0.05) is 5.16 Å². The Hall–Kier alpha value is -3.23. The molecule has 3 aromatic heterocycles. The Morgan fingerprint density at radius 3 is 2.84 bits per heavy atom. The molecule has 3 heterocycles. The molecule has 130 valence electrons. The van der Waals surface area contributed by atoms with Gasteiger partial charge in [-0.25, -0.2) is 4.98 Å². The van der Waals surface area contributed by atoms with E-state index in [1.165, 1.54) is 0 Å². The number of ether oxygens (including phenoxy) is 1. The standard InChI is InChI=1S/C16H18N6O3/c1-4-24-12-6-5-11(7-17-12)15-19-13(25-22-15)8-18-16(23)14-9(2)20-21-10(14)3/h5-7H,4,8H2,1-3H3,(H,18,23)(H,20,21). The highest BCUT2D eigenvalue weighted by atomic mass is 16.5. The van der Waals surface area contributed by atoms with Gasteiger partial charge in [-0.2, -0.15) is 10.1 Å². The minimum atomic E-state index is -0.244. The van der Waals surface area contributed by atoms with Crippen LogP contribution in [-0.2, 0) is 6.54 Å². The summed E-state index contributed by atoms with van der Waals surface area (Å²) in [5.74, 6) is 0.992. The molecule has 0 saturated heterocycles. The Morgan fingerprint density at radius 2 is 2.20 bits per heavy atom. The number of nitrogens with one attached hydrogen (secondary N) is 2. The smallest absolute Gasteiger partial charge is 0.255 e. The normalized spacial score (nSPS) is 10.7. The highest BCUT2D eigenvalue weighted by molar-refractivity contribution is 5.96. The quantitative estimate of drug-likeness (QED) is 0.701. The largest absolute Gasteiger partial charge is 0.478 e. The van der Waals surface area contributed by atoms with Crippen molar-refractivity contribution in [3.63, 3.8) is 0 Å². The number of hydrogen-bond donors (Lipinski definition) is 2. The van der Waals surface area contributed by atoms with Crippen LogP contribution >= 0.6 is 0 Å². The molecule has 0 aliphatic rings. The van der Waals surface area contributed by atoms with Crippen LogP contribution in [0.4, 0.5) is 0 Å². The van der Waals surface area contributed by atoms with Crippen LogP contribution in [0.3, 0.4) is 0 Å².